The molecule has 3 rings (SSSR count). The summed E-state index contributed by atoms with van der Waals surface area (Å²) in [5, 5.41) is 0. The highest BCUT2D eigenvalue weighted by Gasteiger charge is 2.74. The quantitative estimate of drug-likeness (QED) is 0.503. The Kier molecular flexibility index (Phi) is 4.35. The first-order chi connectivity index (χ1) is 11.0. The van der Waals surface area contributed by atoms with E-state index in [0.29, 0.717) is 11.8 Å². The van der Waals surface area contributed by atoms with Crippen molar-refractivity contribution in [1.29, 1.82) is 0 Å². The van der Waals surface area contributed by atoms with Crippen molar-refractivity contribution in [2.45, 2.75) is 79.1 Å². The Morgan fingerprint density at radius 1 is 0.957 bits per heavy atom. The predicted octanol–water partition coefficient (Wildman–Crippen LogP) is 4.74. The average Bonchev–Trinajstić information content (AvgIpc) is 3.13. The molecule has 23 heavy (non-hydrogen) atoms. The van der Waals surface area contributed by atoms with Gasteiger partial charge in [0, 0.05) is 0 Å². The van der Waals surface area contributed by atoms with Gasteiger partial charge in [0.15, 0.2) is 0 Å². The molecule has 0 spiro atoms. The van der Waals surface area contributed by atoms with Crippen LogP contribution in [0.4, 0.5) is 0 Å². The Labute approximate surface area is 140 Å². The normalized spacial score (nSPS) is 44.7. The van der Waals surface area contributed by atoms with Crippen LogP contribution in [-0.2, 0) is 14.3 Å². The Bertz CT molecular complexity index is 499. The van der Waals surface area contributed by atoms with E-state index in [4.69, 9.17) is 4.74 Å². The van der Waals surface area contributed by atoms with Gasteiger partial charge in [-0.3, -0.25) is 9.59 Å². The third-order valence-corrected chi connectivity index (χ3v) is 7.83. The van der Waals surface area contributed by atoms with Crippen LogP contribution in [-0.4, -0.2) is 11.9 Å². The number of rotatable bonds is 7. The molecular formula is C20H32O3. The number of hydrogen-bond acceptors (Lipinski definition) is 3. The maximum Gasteiger partial charge on any atom is 0.317 e. The molecule has 1 saturated heterocycles. The van der Waals surface area contributed by atoms with E-state index >= 15 is 0 Å². The number of hydrogen-bond donors (Lipinski definition) is 0. The highest BCUT2D eigenvalue weighted by Crippen LogP contribution is 2.75. The van der Waals surface area contributed by atoms with Crippen molar-refractivity contribution in [2.75, 3.05) is 0 Å². The van der Waals surface area contributed by atoms with Gasteiger partial charge in [-0.2, -0.15) is 0 Å². The van der Waals surface area contributed by atoms with Gasteiger partial charge in [0.25, 0.3) is 0 Å². The molecule has 2 aliphatic carbocycles. The van der Waals surface area contributed by atoms with Gasteiger partial charge in [0.1, 0.15) is 0 Å². The molecule has 130 valence electrons. The maximum absolute atomic E-state index is 12.3. The van der Waals surface area contributed by atoms with Gasteiger partial charge in [0.2, 0.25) is 0 Å². The Morgan fingerprint density at radius 3 is 2.09 bits per heavy atom. The van der Waals surface area contributed by atoms with E-state index in [0.717, 1.165) is 12.8 Å². The fourth-order valence-corrected chi connectivity index (χ4v) is 6.73. The molecule has 2 saturated carbocycles. The van der Waals surface area contributed by atoms with E-state index in [1.165, 1.54) is 38.5 Å². The summed E-state index contributed by atoms with van der Waals surface area (Å²) in [6.45, 7) is 9.22. The Balaban J connectivity index is 2.02. The summed E-state index contributed by atoms with van der Waals surface area (Å²) in [5.41, 5.74) is 0.399. The summed E-state index contributed by atoms with van der Waals surface area (Å²) in [4.78, 5) is 24.6. The SMILES string of the molecule is CCCCC1(CC)C2CC(C3C(=O)OC(=O)C32)[C@]1(C)CCCC. The van der Waals surface area contributed by atoms with Crippen LogP contribution < -0.4 is 0 Å². The number of fused-ring (bicyclic) bond motifs is 5. The molecule has 0 amide bonds. The molecule has 2 bridgehead atoms. The van der Waals surface area contributed by atoms with Crippen LogP contribution in [0.5, 0.6) is 0 Å². The fourth-order valence-electron chi connectivity index (χ4n) is 6.73. The van der Waals surface area contributed by atoms with Gasteiger partial charge < -0.3 is 4.74 Å². The lowest BCUT2D eigenvalue weighted by atomic mass is 9.48. The van der Waals surface area contributed by atoms with Crippen LogP contribution in [0.1, 0.15) is 79.1 Å². The van der Waals surface area contributed by atoms with Crippen molar-refractivity contribution < 1.29 is 14.3 Å². The summed E-state index contributed by atoms with van der Waals surface area (Å²) < 4.78 is 5.07. The van der Waals surface area contributed by atoms with Gasteiger partial charge in [-0.25, -0.2) is 0 Å². The molecule has 3 aliphatic rings. The smallest absolute Gasteiger partial charge is 0.317 e. The van der Waals surface area contributed by atoms with Crippen LogP contribution in [0.3, 0.4) is 0 Å². The highest BCUT2D eigenvalue weighted by molar-refractivity contribution is 5.97. The van der Waals surface area contributed by atoms with Crippen LogP contribution in [0.25, 0.3) is 0 Å². The monoisotopic (exact) mass is 320 g/mol. The van der Waals surface area contributed by atoms with Crippen LogP contribution in [0, 0.1) is 34.5 Å². The lowest BCUT2D eigenvalue weighted by molar-refractivity contribution is -0.155. The Morgan fingerprint density at radius 2 is 1.52 bits per heavy atom. The molecule has 0 N–H and O–H groups in total. The zero-order valence-corrected chi connectivity index (χ0v) is 15.2. The first-order valence-electron chi connectivity index (χ1n) is 9.72. The number of carbonyl (C=O) groups is 2. The first-order valence-corrected chi connectivity index (χ1v) is 9.72. The average molecular weight is 320 g/mol. The zero-order chi connectivity index (χ0) is 16.8. The number of ether oxygens (including phenoxy) is 1. The van der Waals surface area contributed by atoms with E-state index < -0.39 is 0 Å². The van der Waals surface area contributed by atoms with Crippen LogP contribution in [0.2, 0.25) is 0 Å². The second kappa shape index (κ2) is 5.89. The van der Waals surface area contributed by atoms with E-state index in [2.05, 4.69) is 27.7 Å². The second-order valence-corrected chi connectivity index (χ2v) is 8.37. The van der Waals surface area contributed by atoms with Crippen molar-refractivity contribution in [3.05, 3.63) is 0 Å². The number of unbranched alkanes of at least 4 members (excludes halogenated alkanes) is 2. The second-order valence-electron chi connectivity index (χ2n) is 8.37. The minimum atomic E-state index is -0.226. The zero-order valence-electron chi connectivity index (χ0n) is 15.2. The van der Waals surface area contributed by atoms with E-state index in [9.17, 15) is 9.59 Å². The molecular weight excluding hydrogens is 288 g/mol. The standard InChI is InChI=1S/C20H32O3/c1-5-8-10-19(4)13-12-14(20(19,7-3)11-9-6-2)16-15(13)17(21)23-18(16)22/h13-16H,5-12H2,1-4H3/t13?,14?,15?,16?,19-,20?/m0/s1. The highest BCUT2D eigenvalue weighted by atomic mass is 16.6. The predicted molar refractivity (Wildman–Crippen MR) is 89.6 cm³/mol. The largest absolute Gasteiger partial charge is 0.393 e. The first kappa shape index (κ1) is 17.0. The molecule has 5 unspecified atom stereocenters. The molecule has 3 nitrogen and oxygen atoms in total. The molecule has 1 heterocycles. The van der Waals surface area contributed by atoms with E-state index in [-0.39, 0.29) is 34.6 Å². The molecule has 3 heteroatoms. The van der Waals surface area contributed by atoms with Crippen molar-refractivity contribution in [3.8, 4) is 0 Å². The molecule has 6 atom stereocenters. The summed E-state index contributed by atoms with van der Waals surface area (Å²) in [6.07, 6.45) is 9.40. The lowest BCUT2D eigenvalue weighted by Gasteiger charge is -2.54. The summed E-state index contributed by atoms with van der Waals surface area (Å²) in [7, 11) is 0. The lowest BCUT2D eigenvalue weighted by Crippen LogP contribution is -2.51. The van der Waals surface area contributed by atoms with Crippen molar-refractivity contribution in [1.82, 2.24) is 0 Å². The van der Waals surface area contributed by atoms with Crippen molar-refractivity contribution in [3.63, 3.8) is 0 Å². The minimum Gasteiger partial charge on any atom is -0.393 e. The third kappa shape index (κ3) is 2.07. The van der Waals surface area contributed by atoms with E-state index in [1.54, 1.807) is 0 Å². The van der Waals surface area contributed by atoms with Gasteiger partial charge >= 0.3 is 11.9 Å². The van der Waals surface area contributed by atoms with Crippen molar-refractivity contribution in [2.24, 2.45) is 34.5 Å². The fraction of sp³-hybridized carbons (Fsp3) is 0.900. The minimum absolute atomic E-state index is 0.140. The number of esters is 2. The number of carbonyl (C=O) groups excluding carboxylic acids is 2. The van der Waals surface area contributed by atoms with Gasteiger partial charge in [-0.05, 0) is 48.3 Å². The topological polar surface area (TPSA) is 43.4 Å². The van der Waals surface area contributed by atoms with Gasteiger partial charge in [0.05, 0.1) is 11.8 Å². The van der Waals surface area contributed by atoms with Crippen molar-refractivity contribution >= 4 is 11.9 Å². The molecule has 0 aromatic rings. The molecule has 0 radical (unpaired) electrons. The van der Waals surface area contributed by atoms with Crippen LogP contribution in [0.15, 0.2) is 0 Å². The number of cyclic esters (lactones) is 2. The molecule has 0 aromatic heterocycles. The molecule has 1 aliphatic heterocycles. The third-order valence-electron chi connectivity index (χ3n) is 7.83. The summed E-state index contributed by atoms with van der Waals surface area (Å²) >= 11 is 0. The Hall–Kier alpha value is -0.860. The van der Waals surface area contributed by atoms with E-state index in [1.807, 2.05) is 0 Å². The molecule has 3 fully saturated rings. The van der Waals surface area contributed by atoms with Crippen LogP contribution >= 0.6 is 0 Å². The van der Waals surface area contributed by atoms with Gasteiger partial charge in [-0.1, -0.05) is 53.4 Å². The molecule has 0 aromatic carbocycles. The maximum atomic E-state index is 12.3. The summed E-state index contributed by atoms with van der Waals surface area (Å²) in [5.74, 6) is -0.0286. The summed E-state index contributed by atoms with van der Waals surface area (Å²) in [6, 6.07) is 0. The van der Waals surface area contributed by atoms with Gasteiger partial charge in [-0.15, -0.1) is 0 Å².